The van der Waals surface area contributed by atoms with Crippen molar-refractivity contribution in [2.75, 3.05) is 0 Å². The second kappa shape index (κ2) is 5.23. The van der Waals surface area contributed by atoms with Crippen molar-refractivity contribution in [1.82, 2.24) is 9.97 Å². The number of hydrogen-bond acceptors (Lipinski definition) is 2. The van der Waals surface area contributed by atoms with Crippen LogP contribution in [0, 0.1) is 18.6 Å². The normalized spacial score (nSPS) is 11.1. The van der Waals surface area contributed by atoms with Crippen LogP contribution in [0.2, 0.25) is 5.15 Å². The van der Waals surface area contributed by atoms with E-state index in [2.05, 4.69) is 9.97 Å². The molecule has 1 aromatic heterocycles. The van der Waals surface area contributed by atoms with Gasteiger partial charge in [-0.2, -0.15) is 0 Å². The first-order chi connectivity index (χ1) is 8.54. The predicted molar refractivity (Wildman–Crippen MR) is 67.1 cm³/mol. The Balaban J connectivity index is 2.27. The third kappa shape index (κ3) is 3.11. The molecule has 1 heterocycles. The van der Waals surface area contributed by atoms with Crippen molar-refractivity contribution < 1.29 is 8.78 Å². The molecular weight excluding hydrogens is 258 g/mol. The van der Waals surface area contributed by atoms with Crippen molar-refractivity contribution >= 4 is 23.8 Å². The summed E-state index contributed by atoms with van der Waals surface area (Å²) in [6, 6.07) is 5.27. The lowest BCUT2D eigenvalue weighted by Gasteiger charge is -1.98. The summed E-state index contributed by atoms with van der Waals surface area (Å²) < 4.78 is 25.7. The Kier molecular flexibility index (Phi) is 3.67. The fourth-order valence-electron chi connectivity index (χ4n) is 1.41. The number of halogens is 3. The first-order valence-corrected chi connectivity index (χ1v) is 5.57. The van der Waals surface area contributed by atoms with Crippen LogP contribution in [-0.2, 0) is 0 Å². The summed E-state index contributed by atoms with van der Waals surface area (Å²) in [5.41, 5.74) is 1.26. The zero-order valence-electron chi connectivity index (χ0n) is 9.49. The second-order valence-electron chi connectivity index (χ2n) is 3.70. The minimum absolute atomic E-state index is 0.340. The number of benzene rings is 1. The van der Waals surface area contributed by atoms with Gasteiger partial charge >= 0.3 is 0 Å². The maximum atomic E-state index is 13.0. The van der Waals surface area contributed by atoms with E-state index in [1.165, 1.54) is 6.07 Å². The highest BCUT2D eigenvalue weighted by atomic mass is 35.5. The first-order valence-electron chi connectivity index (χ1n) is 5.19. The summed E-state index contributed by atoms with van der Waals surface area (Å²) in [5, 5.41) is 0.340. The average molecular weight is 267 g/mol. The fraction of sp³-hybridized carbons (Fsp3) is 0.0769. The quantitative estimate of drug-likeness (QED) is 0.771. The number of rotatable bonds is 2. The highest BCUT2D eigenvalue weighted by molar-refractivity contribution is 6.29. The highest BCUT2D eigenvalue weighted by Crippen LogP contribution is 2.12. The molecule has 0 radical (unpaired) electrons. The standard InChI is InChI=1S/C13H9ClF2N2/c1-8-6-12(14)18-13(17-8)5-3-9-2-4-10(15)11(16)7-9/h2-7H,1H3/b5-3+. The maximum Gasteiger partial charge on any atom is 0.159 e. The summed E-state index contributed by atoms with van der Waals surface area (Å²) in [7, 11) is 0. The van der Waals surface area contributed by atoms with Gasteiger partial charge in [-0.25, -0.2) is 18.7 Å². The van der Waals surface area contributed by atoms with E-state index in [-0.39, 0.29) is 0 Å². The molecule has 0 fully saturated rings. The van der Waals surface area contributed by atoms with Crippen molar-refractivity contribution in [2.45, 2.75) is 6.92 Å². The smallest absolute Gasteiger partial charge is 0.159 e. The van der Waals surface area contributed by atoms with Crippen LogP contribution >= 0.6 is 11.6 Å². The molecule has 0 unspecified atom stereocenters. The van der Waals surface area contributed by atoms with Crippen molar-refractivity contribution in [3.05, 3.63) is 58.1 Å². The summed E-state index contributed by atoms with van der Waals surface area (Å²) in [5.74, 6) is -1.34. The molecule has 2 rings (SSSR count). The van der Waals surface area contributed by atoms with Crippen molar-refractivity contribution in [1.29, 1.82) is 0 Å². The van der Waals surface area contributed by atoms with E-state index in [0.29, 0.717) is 16.5 Å². The van der Waals surface area contributed by atoms with Gasteiger partial charge in [-0.15, -0.1) is 0 Å². The molecule has 1 aromatic carbocycles. The molecular formula is C13H9ClF2N2. The fourth-order valence-corrected chi connectivity index (χ4v) is 1.66. The zero-order chi connectivity index (χ0) is 13.1. The molecule has 0 atom stereocenters. The minimum atomic E-state index is -0.889. The number of aryl methyl sites for hydroxylation is 1. The number of hydrogen-bond donors (Lipinski definition) is 0. The maximum absolute atomic E-state index is 13.0. The van der Waals surface area contributed by atoms with Gasteiger partial charge in [-0.3, -0.25) is 0 Å². The van der Waals surface area contributed by atoms with Gasteiger partial charge in [0.2, 0.25) is 0 Å². The first kappa shape index (κ1) is 12.6. The van der Waals surface area contributed by atoms with Gasteiger partial charge in [0, 0.05) is 5.69 Å². The summed E-state index contributed by atoms with van der Waals surface area (Å²) in [4.78, 5) is 8.13. The largest absolute Gasteiger partial charge is 0.234 e. The Labute approximate surface area is 108 Å². The second-order valence-corrected chi connectivity index (χ2v) is 4.08. The Bertz CT molecular complexity index is 592. The van der Waals surface area contributed by atoms with E-state index < -0.39 is 11.6 Å². The van der Waals surface area contributed by atoms with Crippen molar-refractivity contribution in [2.24, 2.45) is 0 Å². The van der Waals surface area contributed by atoms with Gasteiger partial charge in [0.05, 0.1) is 0 Å². The lowest BCUT2D eigenvalue weighted by molar-refractivity contribution is 0.508. The molecule has 0 aliphatic carbocycles. The topological polar surface area (TPSA) is 25.8 Å². The van der Waals surface area contributed by atoms with E-state index in [9.17, 15) is 8.78 Å². The van der Waals surface area contributed by atoms with Gasteiger partial charge in [0.25, 0.3) is 0 Å². The van der Waals surface area contributed by atoms with Gasteiger partial charge in [0.15, 0.2) is 17.5 Å². The van der Waals surface area contributed by atoms with Crippen LogP contribution in [0.15, 0.2) is 24.3 Å². The highest BCUT2D eigenvalue weighted by Gasteiger charge is 2.01. The monoisotopic (exact) mass is 266 g/mol. The van der Waals surface area contributed by atoms with Crippen molar-refractivity contribution in [3.8, 4) is 0 Å². The molecule has 0 spiro atoms. The van der Waals surface area contributed by atoms with Crippen LogP contribution in [0.1, 0.15) is 17.1 Å². The van der Waals surface area contributed by atoms with Crippen LogP contribution in [0.4, 0.5) is 8.78 Å². The lowest BCUT2D eigenvalue weighted by Crippen LogP contribution is -1.90. The lowest BCUT2D eigenvalue weighted by atomic mass is 10.2. The molecule has 0 N–H and O–H groups in total. The van der Waals surface area contributed by atoms with E-state index in [1.54, 1.807) is 25.1 Å². The third-order valence-electron chi connectivity index (χ3n) is 2.21. The third-order valence-corrected chi connectivity index (χ3v) is 2.40. The van der Waals surface area contributed by atoms with E-state index in [1.807, 2.05) is 0 Å². The molecule has 0 amide bonds. The molecule has 2 nitrogen and oxygen atoms in total. The molecule has 0 bridgehead atoms. The van der Waals surface area contributed by atoms with Crippen LogP contribution in [0.5, 0.6) is 0 Å². The molecule has 0 aliphatic heterocycles. The van der Waals surface area contributed by atoms with Crippen LogP contribution in [-0.4, -0.2) is 9.97 Å². The Hall–Kier alpha value is -1.81. The molecule has 5 heteroatoms. The molecule has 0 saturated carbocycles. The summed E-state index contributed by atoms with van der Waals surface area (Å²) in [6.07, 6.45) is 3.18. The van der Waals surface area contributed by atoms with E-state index in [0.717, 1.165) is 17.8 Å². The summed E-state index contributed by atoms with van der Waals surface area (Å²) in [6.45, 7) is 1.79. The van der Waals surface area contributed by atoms with Gasteiger partial charge in [-0.1, -0.05) is 23.7 Å². The number of aromatic nitrogens is 2. The van der Waals surface area contributed by atoms with Gasteiger partial charge in [0.1, 0.15) is 5.15 Å². The zero-order valence-corrected chi connectivity index (χ0v) is 10.2. The minimum Gasteiger partial charge on any atom is -0.234 e. The Morgan fingerprint density at radius 2 is 1.83 bits per heavy atom. The average Bonchev–Trinajstić information content (AvgIpc) is 2.29. The van der Waals surface area contributed by atoms with Crippen molar-refractivity contribution in [3.63, 3.8) is 0 Å². The molecule has 2 aromatic rings. The predicted octanol–water partition coefficient (Wildman–Crippen LogP) is 3.89. The number of nitrogens with zero attached hydrogens (tertiary/aromatic N) is 2. The van der Waals surface area contributed by atoms with Crippen LogP contribution in [0.3, 0.4) is 0 Å². The van der Waals surface area contributed by atoms with E-state index >= 15 is 0 Å². The van der Waals surface area contributed by atoms with Crippen LogP contribution in [0.25, 0.3) is 12.2 Å². The SMILES string of the molecule is Cc1cc(Cl)nc(/C=C/c2ccc(F)c(F)c2)n1. The summed E-state index contributed by atoms with van der Waals surface area (Å²) >= 11 is 5.78. The Morgan fingerprint density at radius 3 is 2.50 bits per heavy atom. The molecule has 0 aliphatic rings. The van der Waals surface area contributed by atoms with E-state index in [4.69, 9.17) is 11.6 Å². The molecule has 0 saturated heterocycles. The Morgan fingerprint density at radius 1 is 1.06 bits per heavy atom. The van der Waals surface area contributed by atoms with Gasteiger partial charge in [-0.05, 0) is 36.8 Å². The van der Waals surface area contributed by atoms with Crippen LogP contribution < -0.4 is 0 Å². The molecule has 18 heavy (non-hydrogen) atoms. The molecule has 92 valence electrons. The van der Waals surface area contributed by atoms with Gasteiger partial charge < -0.3 is 0 Å².